The minimum Gasteiger partial charge on any atom is -0.352 e. The number of hydrogen-bond donors (Lipinski definition) is 1. The maximum atomic E-state index is 12.5. The number of nitrogens with one attached hydrogen (secondary N) is 1. The van der Waals surface area contributed by atoms with E-state index in [0.29, 0.717) is 5.92 Å². The van der Waals surface area contributed by atoms with Gasteiger partial charge in [-0.25, -0.2) is 0 Å². The Morgan fingerprint density at radius 3 is 2.82 bits per heavy atom. The van der Waals surface area contributed by atoms with Crippen LogP contribution in [0.5, 0.6) is 0 Å². The third-order valence-corrected chi connectivity index (χ3v) is 4.61. The van der Waals surface area contributed by atoms with Crippen LogP contribution in [0.25, 0.3) is 5.69 Å². The first-order chi connectivity index (χ1) is 10.7. The molecule has 2 heterocycles. The second kappa shape index (κ2) is 6.34. The first-order valence-electron chi connectivity index (χ1n) is 8.04. The van der Waals surface area contributed by atoms with Gasteiger partial charge >= 0.3 is 0 Å². The molecule has 4 nitrogen and oxygen atoms in total. The van der Waals surface area contributed by atoms with E-state index in [-0.39, 0.29) is 5.91 Å². The van der Waals surface area contributed by atoms with E-state index in [1.165, 1.54) is 25.7 Å². The highest BCUT2D eigenvalue weighted by Gasteiger charge is 2.19. The summed E-state index contributed by atoms with van der Waals surface area (Å²) < 4.78 is 2.08. The number of carbonyl (C=O) groups excluding carboxylic acids is 1. The number of rotatable bonds is 4. The summed E-state index contributed by atoms with van der Waals surface area (Å²) in [6.07, 6.45) is 8.67. The Hall–Kier alpha value is -2.10. The molecule has 3 rings (SSSR count). The van der Waals surface area contributed by atoms with Gasteiger partial charge in [-0.2, -0.15) is 0 Å². The third kappa shape index (κ3) is 2.91. The molecule has 4 heteroatoms. The maximum absolute atomic E-state index is 12.5. The summed E-state index contributed by atoms with van der Waals surface area (Å²) in [5.41, 5.74) is 3.78. The predicted molar refractivity (Wildman–Crippen MR) is 87.3 cm³/mol. The minimum atomic E-state index is 0.0372. The molecule has 2 aromatic rings. The molecule has 1 amide bonds. The van der Waals surface area contributed by atoms with Crippen molar-refractivity contribution >= 4 is 5.91 Å². The van der Waals surface area contributed by atoms with Crippen LogP contribution in [0, 0.1) is 19.8 Å². The van der Waals surface area contributed by atoms with Gasteiger partial charge in [-0.3, -0.25) is 9.78 Å². The van der Waals surface area contributed by atoms with Crippen LogP contribution < -0.4 is 5.32 Å². The molecule has 1 N–H and O–H groups in total. The van der Waals surface area contributed by atoms with E-state index in [1.54, 1.807) is 6.20 Å². The van der Waals surface area contributed by atoms with Crippen molar-refractivity contribution in [3.05, 3.63) is 47.5 Å². The molecular formula is C18H23N3O. The lowest BCUT2D eigenvalue weighted by Gasteiger charge is -2.11. The van der Waals surface area contributed by atoms with E-state index in [4.69, 9.17) is 0 Å². The first kappa shape index (κ1) is 14.8. The zero-order valence-electron chi connectivity index (χ0n) is 13.3. The quantitative estimate of drug-likeness (QED) is 0.940. The van der Waals surface area contributed by atoms with Gasteiger partial charge < -0.3 is 9.88 Å². The third-order valence-electron chi connectivity index (χ3n) is 4.61. The van der Waals surface area contributed by atoms with Gasteiger partial charge in [0.25, 0.3) is 5.91 Å². The smallest absolute Gasteiger partial charge is 0.253 e. The topological polar surface area (TPSA) is 46.9 Å². The zero-order chi connectivity index (χ0) is 15.5. The summed E-state index contributed by atoms with van der Waals surface area (Å²) >= 11 is 0. The summed E-state index contributed by atoms with van der Waals surface area (Å²) in [4.78, 5) is 16.6. The van der Waals surface area contributed by atoms with Crippen molar-refractivity contribution in [3.63, 3.8) is 0 Å². The second-order valence-corrected chi connectivity index (χ2v) is 6.19. The fraction of sp³-hybridized carbons (Fsp3) is 0.444. The minimum absolute atomic E-state index is 0.0372. The number of pyridine rings is 1. The van der Waals surface area contributed by atoms with Gasteiger partial charge in [-0.1, -0.05) is 12.8 Å². The average molecular weight is 297 g/mol. The Labute approximate surface area is 131 Å². The van der Waals surface area contributed by atoms with Gasteiger partial charge in [0.2, 0.25) is 0 Å². The summed E-state index contributed by atoms with van der Waals surface area (Å²) in [6, 6.07) is 5.88. The fourth-order valence-electron chi connectivity index (χ4n) is 3.42. The number of aryl methyl sites for hydroxylation is 1. The Morgan fingerprint density at radius 2 is 2.14 bits per heavy atom. The van der Waals surface area contributed by atoms with Gasteiger partial charge in [0.15, 0.2) is 0 Å². The van der Waals surface area contributed by atoms with Crippen molar-refractivity contribution in [2.45, 2.75) is 39.5 Å². The van der Waals surface area contributed by atoms with Gasteiger partial charge in [-0.15, -0.1) is 0 Å². The van der Waals surface area contributed by atoms with E-state index in [0.717, 1.165) is 29.2 Å². The molecule has 1 fully saturated rings. The molecule has 0 bridgehead atoms. The molecular weight excluding hydrogens is 274 g/mol. The lowest BCUT2D eigenvalue weighted by molar-refractivity contribution is 0.0947. The molecule has 1 aliphatic rings. The van der Waals surface area contributed by atoms with Crippen LogP contribution in [-0.2, 0) is 0 Å². The number of hydrogen-bond acceptors (Lipinski definition) is 2. The van der Waals surface area contributed by atoms with Crippen LogP contribution in [0.1, 0.15) is 47.4 Å². The van der Waals surface area contributed by atoms with Gasteiger partial charge in [-0.05, 0) is 50.8 Å². The lowest BCUT2D eigenvalue weighted by Crippen LogP contribution is -2.28. The molecule has 116 valence electrons. The summed E-state index contributed by atoms with van der Waals surface area (Å²) in [6.45, 7) is 4.81. The summed E-state index contributed by atoms with van der Waals surface area (Å²) in [5.74, 6) is 0.695. The molecule has 2 aromatic heterocycles. The monoisotopic (exact) mass is 297 g/mol. The Bertz CT molecular complexity index is 654. The molecule has 22 heavy (non-hydrogen) atoms. The second-order valence-electron chi connectivity index (χ2n) is 6.19. The highest BCUT2D eigenvalue weighted by Crippen LogP contribution is 2.24. The molecule has 1 aliphatic carbocycles. The molecule has 0 radical (unpaired) electrons. The number of nitrogens with zero attached hydrogens (tertiary/aromatic N) is 2. The van der Waals surface area contributed by atoms with Crippen molar-refractivity contribution in [2.75, 3.05) is 6.54 Å². The van der Waals surface area contributed by atoms with E-state index in [9.17, 15) is 4.79 Å². The van der Waals surface area contributed by atoms with Gasteiger partial charge in [0.1, 0.15) is 0 Å². The Morgan fingerprint density at radius 1 is 1.36 bits per heavy atom. The van der Waals surface area contributed by atoms with E-state index in [2.05, 4.69) is 14.9 Å². The van der Waals surface area contributed by atoms with Crippen LogP contribution in [0.2, 0.25) is 0 Å². The first-order valence-corrected chi connectivity index (χ1v) is 8.04. The van der Waals surface area contributed by atoms with Crippen molar-refractivity contribution in [2.24, 2.45) is 5.92 Å². The zero-order valence-corrected chi connectivity index (χ0v) is 13.3. The molecule has 0 unspecified atom stereocenters. The Balaban J connectivity index is 1.78. The number of amides is 1. The number of carbonyl (C=O) groups is 1. The summed E-state index contributed by atoms with van der Waals surface area (Å²) in [5, 5.41) is 3.11. The molecule has 0 aliphatic heterocycles. The Kier molecular flexibility index (Phi) is 4.27. The van der Waals surface area contributed by atoms with Crippen LogP contribution >= 0.6 is 0 Å². The van der Waals surface area contributed by atoms with Crippen molar-refractivity contribution < 1.29 is 4.79 Å². The highest BCUT2D eigenvalue weighted by atomic mass is 16.1. The summed E-state index contributed by atoms with van der Waals surface area (Å²) in [7, 11) is 0. The van der Waals surface area contributed by atoms with E-state index >= 15 is 0 Å². The van der Waals surface area contributed by atoms with Crippen molar-refractivity contribution in [1.29, 1.82) is 0 Å². The molecule has 0 saturated heterocycles. The van der Waals surface area contributed by atoms with Crippen LogP contribution in [0.3, 0.4) is 0 Å². The SMILES string of the molecule is Cc1cc(C(=O)NCC2CCCC2)c(C)n1-c1cccnc1. The normalized spacial score (nSPS) is 15.2. The molecule has 0 atom stereocenters. The molecule has 0 aromatic carbocycles. The standard InChI is InChI=1S/C18H23N3O/c1-13-10-17(18(22)20-11-15-6-3-4-7-15)14(2)21(13)16-8-5-9-19-12-16/h5,8-10,12,15H,3-4,6-7,11H2,1-2H3,(H,20,22). The van der Waals surface area contributed by atoms with E-state index < -0.39 is 0 Å². The highest BCUT2D eigenvalue weighted by molar-refractivity contribution is 5.95. The average Bonchev–Trinajstić information content (AvgIpc) is 3.14. The molecule has 0 spiro atoms. The van der Waals surface area contributed by atoms with Gasteiger partial charge in [0.05, 0.1) is 17.4 Å². The maximum Gasteiger partial charge on any atom is 0.253 e. The largest absolute Gasteiger partial charge is 0.352 e. The fourth-order valence-corrected chi connectivity index (χ4v) is 3.42. The van der Waals surface area contributed by atoms with Crippen LogP contribution in [0.15, 0.2) is 30.6 Å². The van der Waals surface area contributed by atoms with Crippen molar-refractivity contribution in [1.82, 2.24) is 14.9 Å². The van der Waals surface area contributed by atoms with Crippen molar-refractivity contribution in [3.8, 4) is 5.69 Å². The van der Waals surface area contributed by atoms with Crippen LogP contribution in [-0.4, -0.2) is 22.0 Å². The lowest BCUT2D eigenvalue weighted by atomic mass is 10.1. The molecule has 1 saturated carbocycles. The van der Waals surface area contributed by atoms with Gasteiger partial charge in [0, 0.05) is 24.1 Å². The number of aromatic nitrogens is 2. The van der Waals surface area contributed by atoms with Crippen LogP contribution in [0.4, 0.5) is 0 Å². The van der Waals surface area contributed by atoms with E-state index in [1.807, 2.05) is 38.2 Å². The predicted octanol–water partition coefficient (Wildman–Crippen LogP) is 3.41.